The molecule has 0 spiro atoms. The third-order valence-corrected chi connectivity index (χ3v) is 7.27. The summed E-state index contributed by atoms with van der Waals surface area (Å²) in [7, 11) is 6.67. The van der Waals surface area contributed by atoms with E-state index in [0.717, 1.165) is 11.1 Å². The second-order valence-corrected chi connectivity index (χ2v) is 9.92. The van der Waals surface area contributed by atoms with Gasteiger partial charge in [-0.3, -0.25) is 4.79 Å². The van der Waals surface area contributed by atoms with Crippen LogP contribution < -0.4 is 19.5 Å². The van der Waals surface area contributed by atoms with Gasteiger partial charge in [0.2, 0.25) is 5.91 Å². The molecule has 1 fully saturated rings. The van der Waals surface area contributed by atoms with Crippen LogP contribution in [0.3, 0.4) is 0 Å². The molecule has 182 valence electrons. The standard InChI is InChI=1S/C24H27Cl2N3O4S/c1-24-19(22(30)28(2)3)20(15-11-14(25)12-16(26)21(15)33-24)27-23(34)29(24)9-8-13-6-7-17(31-4)18(10-13)32-5/h6-7,10-12,19-20H,8-9H2,1-5H3,(H,27,34)/t19-,20+,24+/m1/s1. The predicted molar refractivity (Wildman–Crippen MR) is 136 cm³/mol. The molecule has 2 aromatic carbocycles. The summed E-state index contributed by atoms with van der Waals surface area (Å²) in [6.07, 6.45) is 0.635. The lowest BCUT2D eigenvalue weighted by Crippen LogP contribution is -2.72. The van der Waals surface area contributed by atoms with Crippen LogP contribution in [0.1, 0.15) is 24.1 Å². The van der Waals surface area contributed by atoms with Crippen molar-refractivity contribution in [1.82, 2.24) is 15.1 Å². The van der Waals surface area contributed by atoms with E-state index in [1.165, 1.54) is 0 Å². The zero-order valence-electron chi connectivity index (χ0n) is 19.6. The third kappa shape index (κ3) is 4.12. The van der Waals surface area contributed by atoms with Gasteiger partial charge in [0, 0.05) is 31.2 Å². The number of carbonyl (C=O) groups excluding carboxylic acids is 1. The molecule has 4 rings (SSSR count). The van der Waals surface area contributed by atoms with E-state index >= 15 is 0 Å². The van der Waals surface area contributed by atoms with Gasteiger partial charge in [0.1, 0.15) is 11.7 Å². The van der Waals surface area contributed by atoms with Crippen molar-refractivity contribution < 1.29 is 19.0 Å². The molecule has 0 saturated carbocycles. The van der Waals surface area contributed by atoms with Gasteiger partial charge in [0.15, 0.2) is 22.3 Å². The number of thiocarbonyl (C=S) groups is 1. The van der Waals surface area contributed by atoms with E-state index in [2.05, 4.69) is 5.32 Å². The van der Waals surface area contributed by atoms with E-state index in [4.69, 9.17) is 49.6 Å². The molecular formula is C24H27Cl2N3O4S. The highest BCUT2D eigenvalue weighted by Crippen LogP contribution is 2.51. The van der Waals surface area contributed by atoms with E-state index in [1.807, 2.05) is 30.0 Å². The van der Waals surface area contributed by atoms with Crippen LogP contribution in [0.2, 0.25) is 10.0 Å². The molecule has 2 aromatic rings. The average Bonchev–Trinajstić information content (AvgIpc) is 2.78. The molecule has 2 aliphatic rings. The summed E-state index contributed by atoms with van der Waals surface area (Å²) < 4.78 is 17.3. The van der Waals surface area contributed by atoms with Crippen molar-refractivity contribution in [2.24, 2.45) is 5.92 Å². The SMILES string of the molecule is COc1ccc(CCN2C(=S)N[C@H]3c4cc(Cl)cc(Cl)c4O[C@@]2(C)[C@H]3C(=O)N(C)C)cc1OC. The number of nitrogens with one attached hydrogen (secondary N) is 1. The van der Waals surface area contributed by atoms with Crippen molar-refractivity contribution in [3.05, 3.63) is 51.5 Å². The Labute approximate surface area is 214 Å². The van der Waals surface area contributed by atoms with Crippen molar-refractivity contribution in [2.75, 3.05) is 34.9 Å². The first-order chi connectivity index (χ1) is 16.1. The molecule has 34 heavy (non-hydrogen) atoms. The quantitative estimate of drug-likeness (QED) is 0.566. The predicted octanol–water partition coefficient (Wildman–Crippen LogP) is 4.30. The lowest BCUT2D eigenvalue weighted by Gasteiger charge is -2.56. The molecule has 2 aliphatic heterocycles. The van der Waals surface area contributed by atoms with Crippen molar-refractivity contribution in [3.63, 3.8) is 0 Å². The largest absolute Gasteiger partial charge is 0.493 e. The number of hydrogen-bond donors (Lipinski definition) is 1. The summed E-state index contributed by atoms with van der Waals surface area (Å²) in [4.78, 5) is 16.9. The highest BCUT2D eigenvalue weighted by atomic mass is 35.5. The molecule has 1 saturated heterocycles. The zero-order valence-corrected chi connectivity index (χ0v) is 22.0. The van der Waals surface area contributed by atoms with E-state index in [1.54, 1.807) is 45.3 Å². The molecule has 7 nitrogen and oxygen atoms in total. The topological polar surface area (TPSA) is 63.3 Å². The van der Waals surface area contributed by atoms with E-state index in [-0.39, 0.29) is 5.91 Å². The van der Waals surface area contributed by atoms with Gasteiger partial charge < -0.3 is 29.3 Å². The Hall–Kier alpha value is -2.42. The van der Waals surface area contributed by atoms with Gasteiger partial charge in [-0.1, -0.05) is 29.3 Å². The number of methoxy groups -OCH3 is 2. The smallest absolute Gasteiger partial charge is 0.233 e. The Bertz CT molecular complexity index is 1150. The molecule has 2 bridgehead atoms. The van der Waals surface area contributed by atoms with Gasteiger partial charge >= 0.3 is 0 Å². The molecule has 0 unspecified atom stereocenters. The Morgan fingerprint density at radius 3 is 2.56 bits per heavy atom. The monoisotopic (exact) mass is 523 g/mol. The fraction of sp³-hybridized carbons (Fsp3) is 0.417. The van der Waals surface area contributed by atoms with Gasteiger partial charge in [-0.05, 0) is 55.4 Å². The highest BCUT2D eigenvalue weighted by Gasteiger charge is 2.59. The first kappa shape index (κ1) is 24.7. The molecule has 3 atom stereocenters. The number of hydrogen-bond acceptors (Lipinski definition) is 5. The first-order valence-corrected chi connectivity index (χ1v) is 11.9. The molecule has 0 aromatic heterocycles. The second kappa shape index (κ2) is 9.32. The van der Waals surface area contributed by atoms with Gasteiger partial charge in [-0.2, -0.15) is 0 Å². The van der Waals surface area contributed by atoms with Crippen LogP contribution in [-0.4, -0.2) is 61.4 Å². The van der Waals surface area contributed by atoms with Crippen LogP contribution in [-0.2, 0) is 11.2 Å². The second-order valence-electron chi connectivity index (χ2n) is 8.69. The maximum Gasteiger partial charge on any atom is 0.233 e. The number of carbonyl (C=O) groups is 1. The zero-order chi connectivity index (χ0) is 24.8. The average molecular weight is 524 g/mol. The Morgan fingerprint density at radius 2 is 1.91 bits per heavy atom. The van der Waals surface area contributed by atoms with Crippen LogP contribution >= 0.6 is 35.4 Å². The number of amides is 1. The molecule has 1 amide bonds. The molecule has 10 heteroatoms. The van der Waals surface area contributed by atoms with Gasteiger partial charge in [-0.25, -0.2) is 0 Å². The van der Waals surface area contributed by atoms with E-state index < -0.39 is 17.7 Å². The molecule has 2 heterocycles. The van der Waals surface area contributed by atoms with Crippen LogP contribution in [0.4, 0.5) is 0 Å². The van der Waals surface area contributed by atoms with Crippen LogP contribution in [0, 0.1) is 5.92 Å². The van der Waals surface area contributed by atoms with Gasteiger partial charge in [0.05, 0.1) is 25.3 Å². The summed E-state index contributed by atoms with van der Waals surface area (Å²) >= 11 is 18.6. The van der Waals surface area contributed by atoms with Gasteiger partial charge in [0.25, 0.3) is 0 Å². The maximum atomic E-state index is 13.4. The highest BCUT2D eigenvalue weighted by molar-refractivity contribution is 7.80. The van der Waals surface area contributed by atoms with Crippen LogP contribution in [0.15, 0.2) is 30.3 Å². The number of fused-ring (bicyclic) bond motifs is 4. The molecular weight excluding hydrogens is 497 g/mol. The minimum Gasteiger partial charge on any atom is -0.493 e. The van der Waals surface area contributed by atoms with Crippen molar-refractivity contribution in [1.29, 1.82) is 0 Å². The number of benzene rings is 2. The maximum absolute atomic E-state index is 13.4. The molecule has 1 N–H and O–H groups in total. The lowest BCUT2D eigenvalue weighted by molar-refractivity contribution is -0.161. The van der Waals surface area contributed by atoms with E-state index in [0.29, 0.717) is 45.4 Å². The fourth-order valence-electron chi connectivity index (χ4n) is 4.72. The van der Waals surface area contributed by atoms with Crippen molar-refractivity contribution >= 4 is 46.4 Å². The minimum absolute atomic E-state index is 0.0830. The fourth-order valence-corrected chi connectivity index (χ4v) is 5.67. The first-order valence-electron chi connectivity index (χ1n) is 10.8. The summed E-state index contributed by atoms with van der Waals surface area (Å²) in [5.41, 5.74) is 0.690. The summed E-state index contributed by atoms with van der Waals surface area (Å²) in [6.45, 7) is 2.39. The summed E-state index contributed by atoms with van der Waals surface area (Å²) in [6, 6.07) is 8.77. The van der Waals surface area contributed by atoms with Gasteiger partial charge in [-0.15, -0.1) is 0 Å². The molecule has 0 radical (unpaired) electrons. The van der Waals surface area contributed by atoms with Crippen molar-refractivity contribution in [3.8, 4) is 17.2 Å². The van der Waals surface area contributed by atoms with Crippen molar-refractivity contribution in [2.45, 2.75) is 25.1 Å². The lowest BCUT2D eigenvalue weighted by atomic mass is 9.78. The number of nitrogens with zero attached hydrogens (tertiary/aromatic N) is 2. The normalized spacial score (nSPS) is 22.9. The Morgan fingerprint density at radius 1 is 1.21 bits per heavy atom. The minimum atomic E-state index is -1.06. The summed E-state index contributed by atoms with van der Waals surface area (Å²) in [5, 5.41) is 4.72. The van der Waals surface area contributed by atoms with Crippen LogP contribution in [0.25, 0.3) is 0 Å². The number of halogens is 2. The Kier molecular flexibility index (Phi) is 6.77. The number of ether oxygens (including phenoxy) is 3. The Balaban J connectivity index is 1.72. The van der Waals surface area contributed by atoms with E-state index in [9.17, 15) is 4.79 Å². The molecule has 0 aliphatic carbocycles. The van der Waals surface area contributed by atoms with Crippen LogP contribution in [0.5, 0.6) is 17.2 Å². The third-order valence-electron chi connectivity index (χ3n) is 6.43. The summed E-state index contributed by atoms with van der Waals surface area (Å²) in [5.74, 6) is 1.15. The number of rotatable bonds is 6.